The Morgan fingerprint density at radius 3 is 2.21 bits per heavy atom. The van der Waals surface area contributed by atoms with E-state index in [1.54, 1.807) is 24.3 Å². The van der Waals surface area contributed by atoms with Crippen LogP contribution in [0, 0.1) is 0 Å². The maximum atomic E-state index is 11.2. The fourth-order valence-electron chi connectivity index (χ4n) is 1.22. The van der Waals surface area contributed by atoms with Crippen molar-refractivity contribution in [1.82, 2.24) is 14.8 Å². The van der Waals surface area contributed by atoms with Crippen LogP contribution in [0.15, 0.2) is 33.9 Å². The molecular weight excluding hydrogens is 184 g/mol. The second-order valence-corrected chi connectivity index (χ2v) is 2.75. The minimum atomic E-state index is -0.534. The van der Waals surface area contributed by atoms with Crippen molar-refractivity contribution in [2.24, 2.45) is 0 Å². The molecule has 1 heterocycles. The first kappa shape index (κ1) is 8.36. The Hall–Kier alpha value is -2.24. The monoisotopic (exact) mass is 192 g/mol. The van der Waals surface area contributed by atoms with Crippen LogP contribution in [0.3, 0.4) is 0 Å². The number of H-pyrrole nitrogens is 2. The summed E-state index contributed by atoms with van der Waals surface area (Å²) in [4.78, 5) is 22.4. The molecule has 0 aliphatic rings. The summed E-state index contributed by atoms with van der Waals surface area (Å²) in [5.41, 5.74) is 5.30. The van der Waals surface area contributed by atoms with Gasteiger partial charge in [0.05, 0.1) is 11.4 Å². The Kier molecular flexibility index (Phi) is 1.74. The van der Waals surface area contributed by atoms with E-state index in [0.29, 0.717) is 11.4 Å². The highest BCUT2D eigenvalue weighted by Crippen LogP contribution is 2.11. The molecule has 6 heteroatoms. The first-order valence-electron chi connectivity index (χ1n) is 3.95. The van der Waals surface area contributed by atoms with E-state index in [9.17, 15) is 9.59 Å². The number of nitrogen functional groups attached to an aromatic ring is 1. The minimum Gasteiger partial charge on any atom is -0.397 e. The Morgan fingerprint density at radius 2 is 1.64 bits per heavy atom. The van der Waals surface area contributed by atoms with E-state index in [1.807, 2.05) is 0 Å². The molecule has 1 aromatic heterocycles. The molecule has 2 rings (SSSR count). The van der Waals surface area contributed by atoms with Gasteiger partial charge in [0, 0.05) is 0 Å². The van der Waals surface area contributed by atoms with Gasteiger partial charge in [-0.25, -0.2) is 24.4 Å². The summed E-state index contributed by atoms with van der Waals surface area (Å²) in [6.45, 7) is 0. The van der Waals surface area contributed by atoms with Gasteiger partial charge >= 0.3 is 11.4 Å². The number of anilines is 1. The lowest BCUT2D eigenvalue weighted by molar-refractivity contribution is 0.954. The van der Waals surface area contributed by atoms with E-state index < -0.39 is 11.4 Å². The molecule has 0 saturated heterocycles. The smallest absolute Gasteiger partial charge is 0.349 e. The zero-order chi connectivity index (χ0) is 10.1. The molecule has 0 amide bonds. The third-order valence-electron chi connectivity index (χ3n) is 1.86. The van der Waals surface area contributed by atoms with E-state index in [2.05, 4.69) is 10.2 Å². The second kappa shape index (κ2) is 2.91. The molecule has 14 heavy (non-hydrogen) atoms. The van der Waals surface area contributed by atoms with Gasteiger partial charge in [0.15, 0.2) is 0 Å². The highest BCUT2D eigenvalue weighted by atomic mass is 16.2. The minimum absolute atomic E-state index is 0.375. The molecule has 0 atom stereocenters. The molecule has 0 saturated carbocycles. The van der Waals surface area contributed by atoms with Gasteiger partial charge in [0.2, 0.25) is 0 Å². The number of hydrogen-bond donors (Lipinski definition) is 3. The highest BCUT2D eigenvalue weighted by Gasteiger charge is 2.07. The van der Waals surface area contributed by atoms with Gasteiger partial charge < -0.3 is 5.73 Å². The molecule has 72 valence electrons. The van der Waals surface area contributed by atoms with E-state index in [1.165, 1.54) is 0 Å². The summed E-state index contributed by atoms with van der Waals surface area (Å²) < 4.78 is 0.940. The van der Waals surface area contributed by atoms with Crippen molar-refractivity contribution in [3.05, 3.63) is 45.2 Å². The standard InChI is InChI=1S/C8H8N4O2/c9-5-3-1-2-4-6(5)12-7(13)10-11-8(12)14/h1-4H,9H2,(H,10,13)(H,11,14). The molecule has 1 aromatic carbocycles. The van der Waals surface area contributed by atoms with Crippen LogP contribution in [-0.2, 0) is 0 Å². The predicted molar refractivity (Wildman–Crippen MR) is 51.4 cm³/mol. The number of hydrogen-bond acceptors (Lipinski definition) is 3. The van der Waals surface area contributed by atoms with Crippen molar-refractivity contribution in [2.75, 3.05) is 5.73 Å². The lowest BCUT2D eigenvalue weighted by Crippen LogP contribution is -2.25. The topological polar surface area (TPSA) is 96.7 Å². The molecule has 6 nitrogen and oxygen atoms in total. The fraction of sp³-hybridized carbons (Fsp3) is 0. The lowest BCUT2D eigenvalue weighted by atomic mass is 10.3. The zero-order valence-electron chi connectivity index (χ0n) is 7.15. The average Bonchev–Trinajstić information content (AvgIpc) is 2.48. The van der Waals surface area contributed by atoms with Crippen molar-refractivity contribution in [3.63, 3.8) is 0 Å². The number of aromatic nitrogens is 3. The molecule has 0 radical (unpaired) electrons. The molecule has 0 aliphatic heterocycles. The molecule has 0 bridgehead atoms. The number of rotatable bonds is 1. The van der Waals surface area contributed by atoms with Crippen LogP contribution in [0.2, 0.25) is 0 Å². The Bertz CT molecular complexity index is 535. The van der Waals surface area contributed by atoms with Gasteiger partial charge in [-0.2, -0.15) is 0 Å². The number of para-hydroxylation sites is 2. The van der Waals surface area contributed by atoms with Gasteiger partial charge in [-0.05, 0) is 12.1 Å². The maximum Gasteiger partial charge on any atom is 0.349 e. The number of nitrogens with zero attached hydrogens (tertiary/aromatic N) is 1. The second-order valence-electron chi connectivity index (χ2n) is 2.75. The normalized spacial score (nSPS) is 10.3. The molecule has 0 spiro atoms. The summed E-state index contributed by atoms with van der Waals surface area (Å²) in [6, 6.07) is 6.64. The van der Waals surface area contributed by atoms with Crippen LogP contribution >= 0.6 is 0 Å². The lowest BCUT2D eigenvalue weighted by Gasteiger charge is -2.01. The average molecular weight is 192 g/mol. The summed E-state index contributed by atoms with van der Waals surface area (Å²) in [5, 5.41) is 4.35. The maximum absolute atomic E-state index is 11.2. The Balaban J connectivity index is 2.79. The third-order valence-corrected chi connectivity index (χ3v) is 1.86. The number of nitrogens with one attached hydrogen (secondary N) is 2. The molecule has 0 unspecified atom stereocenters. The van der Waals surface area contributed by atoms with Gasteiger partial charge in [-0.3, -0.25) is 0 Å². The largest absolute Gasteiger partial charge is 0.397 e. The first-order valence-corrected chi connectivity index (χ1v) is 3.95. The van der Waals surface area contributed by atoms with Crippen LogP contribution in [0.5, 0.6) is 0 Å². The summed E-state index contributed by atoms with van der Waals surface area (Å²) >= 11 is 0. The van der Waals surface area contributed by atoms with Crippen molar-refractivity contribution < 1.29 is 0 Å². The quantitative estimate of drug-likeness (QED) is 0.528. The molecule has 2 aromatic rings. The number of nitrogens with two attached hydrogens (primary N) is 1. The molecule has 0 aliphatic carbocycles. The summed E-state index contributed by atoms with van der Waals surface area (Å²) in [6.07, 6.45) is 0. The molecule has 4 N–H and O–H groups in total. The van der Waals surface area contributed by atoms with E-state index >= 15 is 0 Å². The van der Waals surface area contributed by atoms with Crippen LogP contribution in [0.1, 0.15) is 0 Å². The number of aromatic amines is 2. The van der Waals surface area contributed by atoms with E-state index in [0.717, 1.165) is 4.57 Å². The van der Waals surface area contributed by atoms with Crippen LogP contribution < -0.4 is 17.1 Å². The third kappa shape index (κ3) is 1.13. The van der Waals surface area contributed by atoms with E-state index in [4.69, 9.17) is 5.73 Å². The Labute approximate surface area is 78.0 Å². The van der Waals surface area contributed by atoms with Crippen molar-refractivity contribution in [2.45, 2.75) is 0 Å². The number of benzene rings is 1. The van der Waals surface area contributed by atoms with Gasteiger partial charge in [-0.15, -0.1) is 0 Å². The van der Waals surface area contributed by atoms with Gasteiger partial charge in [-0.1, -0.05) is 12.1 Å². The van der Waals surface area contributed by atoms with Crippen LogP contribution in [0.25, 0.3) is 5.69 Å². The van der Waals surface area contributed by atoms with Crippen molar-refractivity contribution >= 4 is 5.69 Å². The van der Waals surface area contributed by atoms with Crippen LogP contribution in [0.4, 0.5) is 5.69 Å². The fourth-order valence-corrected chi connectivity index (χ4v) is 1.22. The van der Waals surface area contributed by atoms with Gasteiger partial charge in [0.25, 0.3) is 0 Å². The van der Waals surface area contributed by atoms with E-state index in [-0.39, 0.29) is 0 Å². The first-order chi connectivity index (χ1) is 6.70. The highest BCUT2D eigenvalue weighted by molar-refractivity contribution is 5.56. The predicted octanol–water partition coefficient (Wildman–Crippen LogP) is -0.564. The SMILES string of the molecule is Nc1ccccc1-n1c(=O)[nH][nH]c1=O. The Morgan fingerprint density at radius 1 is 1.07 bits per heavy atom. The summed E-state index contributed by atoms with van der Waals surface area (Å²) in [5.74, 6) is 0. The zero-order valence-corrected chi connectivity index (χ0v) is 7.15. The summed E-state index contributed by atoms with van der Waals surface area (Å²) in [7, 11) is 0. The molecular formula is C8H8N4O2. The van der Waals surface area contributed by atoms with Crippen molar-refractivity contribution in [1.29, 1.82) is 0 Å². The van der Waals surface area contributed by atoms with Gasteiger partial charge in [0.1, 0.15) is 0 Å². The van der Waals surface area contributed by atoms with Crippen molar-refractivity contribution in [3.8, 4) is 5.69 Å². The molecule has 0 fully saturated rings. The van der Waals surface area contributed by atoms with Crippen LogP contribution in [-0.4, -0.2) is 14.8 Å².